The van der Waals surface area contributed by atoms with E-state index in [-0.39, 0.29) is 0 Å². The maximum Gasteiger partial charge on any atom is 0.433 e. The number of rotatable bonds is 7. The molecule has 21 heavy (non-hydrogen) atoms. The molecule has 116 valence electrons. The summed E-state index contributed by atoms with van der Waals surface area (Å²) in [4.78, 5) is 15.7. The second kappa shape index (κ2) is 8.84. The molecule has 0 radical (unpaired) electrons. The standard InChI is InChI=1S/C15H22N2O4/c1-5-6-9-20-14-10-12(7-8-13(14)19-4)11(2)17-21-15(18)16-3/h7-8,10H,5-6,9H2,1-4H3,(H,16,18)/b17-11+. The molecule has 0 bridgehead atoms. The van der Waals surface area contributed by atoms with Crippen molar-refractivity contribution in [2.75, 3.05) is 20.8 Å². The molecule has 0 spiro atoms. The highest BCUT2D eigenvalue weighted by molar-refractivity contribution is 5.99. The van der Waals surface area contributed by atoms with Crippen molar-refractivity contribution in [3.63, 3.8) is 0 Å². The number of hydrogen-bond acceptors (Lipinski definition) is 5. The summed E-state index contributed by atoms with van der Waals surface area (Å²) in [7, 11) is 3.07. The van der Waals surface area contributed by atoms with E-state index in [1.807, 2.05) is 12.1 Å². The molecule has 0 aliphatic heterocycles. The molecule has 0 fully saturated rings. The molecule has 1 aromatic rings. The summed E-state index contributed by atoms with van der Waals surface area (Å²) in [5, 5.41) is 6.09. The fraction of sp³-hybridized carbons (Fsp3) is 0.467. The number of nitrogens with one attached hydrogen (secondary N) is 1. The molecule has 0 heterocycles. The van der Waals surface area contributed by atoms with E-state index in [0.29, 0.717) is 23.8 Å². The molecule has 6 nitrogen and oxygen atoms in total. The Balaban J connectivity index is 2.87. The van der Waals surface area contributed by atoms with Crippen LogP contribution in [0.3, 0.4) is 0 Å². The molecule has 0 saturated heterocycles. The Morgan fingerprint density at radius 3 is 2.71 bits per heavy atom. The third-order valence-electron chi connectivity index (χ3n) is 2.81. The van der Waals surface area contributed by atoms with Crippen molar-refractivity contribution in [3.8, 4) is 11.5 Å². The van der Waals surface area contributed by atoms with Crippen LogP contribution in [-0.4, -0.2) is 32.6 Å². The van der Waals surface area contributed by atoms with E-state index in [9.17, 15) is 4.79 Å². The van der Waals surface area contributed by atoms with E-state index in [4.69, 9.17) is 9.47 Å². The number of nitrogens with zero attached hydrogens (tertiary/aromatic N) is 1. The smallest absolute Gasteiger partial charge is 0.433 e. The van der Waals surface area contributed by atoms with Crippen molar-refractivity contribution in [3.05, 3.63) is 23.8 Å². The van der Waals surface area contributed by atoms with Crippen molar-refractivity contribution in [2.45, 2.75) is 26.7 Å². The minimum atomic E-state index is -0.609. The zero-order chi connectivity index (χ0) is 15.7. The Kier molecular flexibility index (Phi) is 7.08. The lowest BCUT2D eigenvalue weighted by Gasteiger charge is -2.12. The first-order valence-corrected chi connectivity index (χ1v) is 6.86. The van der Waals surface area contributed by atoms with Crippen LogP contribution >= 0.6 is 0 Å². The van der Waals surface area contributed by atoms with Crippen LogP contribution in [0.4, 0.5) is 4.79 Å². The lowest BCUT2D eigenvalue weighted by Crippen LogP contribution is -2.17. The van der Waals surface area contributed by atoms with Gasteiger partial charge in [0.25, 0.3) is 0 Å². The first kappa shape index (κ1) is 16.8. The zero-order valence-electron chi connectivity index (χ0n) is 12.9. The summed E-state index contributed by atoms with van der Waals surface area (Å²) in [6.07, 6.45) is 1.42. The lowest BCUT2D eigenvalue weighted by molar-refractivity contribution is 0.153. The van der Waals surface area contributed by atoms with Gasteiger partial charge in [-0.2, -0.15) is 0 Å². The fourth-order valence-electron chi connectivity index (χ4n) is 1.55. The molecule has 0 unspecified atom stereocenters. The first-order chi connectivity index (χ1) is 10.1. The van der Waals surface area contributed by atoms with Crippen LogP contribution in [0.15, 0.2) is 23.4 Å². The van der Waals surface area contributed by atoms with Crippen molar-refractivity contribution in [1.29, 1.82) is 0 Å². The van der Waals surface area contributed by atoms with Gasteiger partial charge in [0, 0.05) is 12.6 Å². The largest absolute Gasteiger partial charge is 0.493 e. The van der Waals surface area contributed by atoms with Gasteiger partial charge in [-0.15, -0.1) is 0 Å². The molecule has 0 saturated carbocycles. The number of ether oxygens (including phenoxy) is 2. The molecular formula is C15H22N2O4. The van der Waals surface area contributed by atoms with Gasteiger partial charge in [0.2, 0.25) is 0 Å². The average molecular weight is 294 g/mol. The molecule has 0 atom stereocenters. The van der Waals surface area contributed by atoms with Gasteiger partial charge >= 0.3 is 6.09 Å². The van der Waals surface area contributed by atoms with E-state index in [0.717, 1.165) is 18.4 Å². The summed E-state index contributed by atoms with van der Waals surface area (Å²) in [5.74, 6) is 1.31. The number of hydrogen-bond donors (Lipinski definition) is 1. The zero-order valence-corrected chi connectivity index (χ0v) is 12.9. The highest BCUT2D eigenvalue weighted by Gasteiger charge is 2.08. The van der Waals surface area contributed by atoms with Gasteiger partial charge in [0.1, 0.15) is 0 Å². The van der Waals surface area contributed by atoms with Crippen LogP contribution in [0.5, 0.6) is 11.5 Å². The maximum absolute atomic E-state index is 11.0. The van der Waals surface area contributed by atoms with Crippen molar-refractivity contribution >= 4 is 11.8 Å². The van der Waals surface area contributed by atoms with Crippen LogP contribution in [0.25, 0.3) is 0 Å². The van der Waals surface area contributed by atoms with E-state index >= 15 is 0 Å². The molecule has 0 aliphatic rings. The number of carbonyl (C=O) groups excluding carboxylic acids is 1. The predicted octanol–water partition coefficient (Wildman–Crippen LogP) is 2.95. The van der Waals surface area contributed by atoms with Gasteiger partial charge in [-0.05, 0) is 31.5 Å². The second-order valence-electron chi connectivity index (χ2n) is 4.37. The third kappa shape index (κ3) is 5.33. The van der Waals surface area contributed by atoms with Gasteiger partial charge in [-0.1, -0.05) is 18.5 Å². The maximum atomic E-state index is 11.0. The van der Waals surface area contributed by atoms with E-state index < -0.39 is 6.09 Å². The second-order valence-corrected chi connectivity index (χ2v) is 4.37. The van der Waals surface area contributed by atoms with Crippen molar-refractivity contribution in [1.82, 2.24) is 5.32 Å². The van der Waals surface area contributed by atoms with Gasteiger partial charge in [0.05, 0.1) is 19.4 Å². The Morgan fingerprint density at radius 2 is 2.10 bits per heavy atom. The van der Waals surface area contributed by atoms with E-state index in [1.165, 1.54) is 7.05 Å². The minimum Gasteiger partial charge on any atom is -0.493 e. The molecular weight excluding hydrogens is 272 g/mol. The van der Waals surface area contributed by atoms with E-state index in [1.54, 1.807) is 20.1 Å². The Labute approximate surface area is 125 Å². The minimum absolute atomic E-state index is 0.571. The molecule has 0 aromatic heterocycles. The fourth-order valence-corrected chi connectivity index (χ4v) is 1.55. The van der Waals surface area contributed by atoms with Gasteiger partial charge in [0.15, 0.2) is 11.5 Å². The lowest BCUT2D eigenvalue weighted by atomic mass is 10.1. The summed E-state index contributed by atoms with van der Waals surface area (Å²) in [5.41, 5.74) is 1.37. The number of methoxy groups -OCH3 is 1. The highest BCUT2D eigenvalue weighted by Crippen LogP contribution is 2.28. The molecule has 1 aromatic carbocycles. The Bertz CT molecular complexity index is 500. The van der Waals surface area contributed by atoms with Crippen molar-refractivity contribution in [2.24, 2.45) is 5.16 Å². The quantitative estimate of drug-likeness (QED) is 0.363. The van der Waals surface area contributed by atoms with Crippen LogP contribution in [-0.2, 0) is 4.84 Å². The highest BCUT2D eigenvalue weighted by atomic mass is 16.7. The number of carbonyl (C=O) groups is 1. The molecule has 1 rings (SSSR count). The molecule has 1 N–H and O–H groups in total. The number of unbranched alkanes of at least 4 members (excludes halogenated alkanes) is 1. The predicted molar refractivity (Wildman–Crippen MR) is 81.1 cm³/mol. The Hall–Kier alpha value is -2.24. The van der Waals surface area contributed by atoms with Crippen LogP contribution in [0.1, 0.15) is 32.3 Å². The molecule has 1 amide bonds. The number of amides is 1. The van der Waals surface area contributed by atoms with Crippen LogP contribution in [0.2, 0.25) is 0 Å². The first-order valence-electron chi connectivity index (χ1n) is 6.86. The van der Waals surface area contributed by atoms with Gasteiger partial charge in [-0.3, -0.25) is 4.84 Å². The summed E-state index contributed by atoms with van der Waals surface area (Å²) in [6.45, 7) is 4.48. The van der Waals surface area contributed by atoms with E-state index in [2.05, 4.69) is 22.2 Å². The molecule has 0 aliphatic carbocycles. The average Bonchev–Trinajstić information content (AvgIpc) is 2.52. The molecule has 6 heteroatoms. The Morgan fingerprint density at radius 1 is 1.33 bits per heavy atom. The van der Waals surface area contributed by atoms with Gasteiger partial charge < -0.3 is 14.8 Å². The monoisotopic (exact) mass is 294 g/mol. The topological polar surface area (TPSA) is 69.2 Å². The normalized spacial score (nSPS) is 11.0. The van der Waals surface area contributed by atoms with Crippen LogP contribution in [0, 0.1) is 0 Å². The number of oxime groups is 1. The SMILES string of the molecule is CCCCOc1cc(/C(C)=N/OC(=O)NC)ccc1OC. The summed E-state index contributed by atoms with van der Waals surface area (Å²) < 4.78 is 11.0. The van der Waals surface area contributed by atoms with Gasteiger partial charge in [-0.25, -0.2) is 4.79 Å². The third-order valence-corrected chi connectivity index (χ3v) is 2.81. The van der Waals surface area contributed by atoms with Crippen LogP contribution < -0.4 is 14.8 Å². The number of benzene rings is 1. The summed E-state index contributed by atoms with van der Waals surface area (Å²) in [6, 6.07) is 5.45. The summed E-state index contributed by atoms with van der Waals surface area (Å²) >= 11 is 0. The van der Waals surface area contributed by atoms with Crippen molar-refractivity contribution < 1.29 is 19.1 Å².